The predicted molar refractivity (Wildman–Crippen MR) is 90.9 cm³/mol. The Morgan fingerprint density at radius 3 is 2.61 bits per heavy atom. The maximum Gasteiger partial charge on any atom is 0.277 e. The van der Waals surface area contributed by atoms with Gasteiger partial charge < -0.3 is 14.6 Å². The van der Waals surface area contributed by atoms with Crippen molar-refractivity contribution in [2.45, 2.75) is 31.4 Å². The van der Waals surface area contributed by atoms with Crippen molar-refractivity contribution < 1.29 is 9.21 Å². The number of hydrogen-bond acceptors (Lipinski definition) is 6. The fourth-order valence-corrected chi connectivity index (χ4v) is 3.17. The van der Waals surface area contributed by atoms with Crippen LogP contribution in [0.3, 0.4) is 0 Å². The molecule has 2 aromatic rings. The lowest BCUT2D eigenvalue weighted by atomic mass is 10.1. The zero-order valence-corrected chi connectivity index (χ0v) is 13.9. The van der Waals surface area contributed by atoms with E-state index in [1.807, 2.05) is 12.1 Å². The van der Waals surface area contributed by atoms with Crippen molar-refractivity contribution in [3.05, 3.63) is 30.2 Å². The first-order valence-corrected chi connectivity index (χ1v) is 8.77. The molecule has 1 amide bonds. The highest BCUT2D eigenvalue weighted by Crippen LogP contribution is 2.22. The van der Waals surface area contributed by atoms with Crippen LogP contribution in [0.25, 0.3) is 0 Å². The molecule has 1 aliphatic heterocycles. The van der Waals surface area contributed by atoms with E-state index < -0.39 is 0 Å². The van der Waals surface area contributed by atoms with Gasteiger partial charge in [0.25, 0.3) is 5.22 Å². The van der Waals surface area contributed by atoms with E-state index in [4.69, 9.17) is 4.42 Å². The molecule has 1 fully saturated rings. The van der Waals surface area contributed by atoms with E-state index in [1.54, 1.807) is 6.92 Å². The highest BCUT2D eigenvalue weighted by molar-refractivity contribution is 7.99. The standard InChI is InChI=1S/C16H20N4O2S/c1-12-18-19-16(22-12)23-11-15(21)17-13-5-7-14(8-6-13)20-9-3-2-4-10-20/h5-8H,2-4,9-11H2,1H3,(H,17,21). The summed E-state index contributed by atoms with van der Waals surface area (Å²) in [6, 6.07) is 8.03. The van der Waals surface area contributed by atoms with Crippen LogP contribution < -0.4 is 10.2 Å². The fourth-order valence-electron chi connectivity index (χ4n) is 2.57. The van der Waals surface area contributed by atoms with Crippen molar-refractivity contribution in [2.24, 2.45) is 0 Å². The quantitative estimate of drug-likeness (QED) is 0.848. The zero-order chi connectivity index (χ0) is 16.1. The van der Waals surface area contributed by atoms with Gasteiger partial charge in [0.2, 0.25) is 11.8 Å². The smallest absolute Gasteiger partial charge is 0.277 e. The van der Waals surface area contributed by atoms with Crippen LogP contribution in [0.15, 0.2) is 33.9 Å². The Kier molecular flexibility index (Phi) is 5.17. The Morgan fingerprint density at radius 2 is 1.96 bits per heavy atom. The van der Waals surface area contributed by atoms with Gasteiger partial charge in [-0.15, -0.1) is 10.2 Å². The molecule has 3 rings (SSSR count). The number of nitrogens with zero attached hydrogens (tertiary/aromatic N) is 3. The number of thioether (sulfide) groups is 1. The third-order valence-corrected chi connectivity index (χ3v) is 4.52. The molecule has 0 bridgehead atoms. The summed E-state index contributed by atoms with van der Waals surface area (Å²) in [6.45, 7) is 3.96. The second kappa shape index (κ2) is 7.50. The average molecular weight is 332 g/mol. The van der Waals surface area contributed by atoms with Crippen LogP contribution in [0.2, 0.25) is 0 Å². The van der Waals surface area contributed by atoms with Crippen molar-refractivity contribution in [1.29, 1.82) is 0 Å². The largest absolute Gasteiger partial charge is 0.416 e. The summed E-state index contributed by atoms with van der Waals surface area (Å²) in [7, 11) is 0. The SMILES string of the molecule is Cc1nnc(SCC(=O)Nc2ccc(N3CCCCC3)cc2)o1. The third kappa shape index (κ3) is 4.48. The summed E-state index contributed by atoms with van der Waals surface area (Å²) in [5.74, 6) is 0.660. The monoisotopic (exact) mass is 332 g/mol. The Balaban J connectivity index is 1.50. The number of amides is 1. The number of aryl methyl sites for hydroxylation is 1. The molecule has 1 N–H and O–H groups in total. The molecule has 0 unspecified atom stereocenters. The topological polar surface area (TPSA) is 71.3 Å². The van der Waals surface area contributed by atoms with Gasteiger partial charge in [-0.1, -0.05) is 11.8 Å². The number of aromatic nitrogens is 2. The Hall–Kier alpha value is -2.02. The molecule has 0 atom stereocenters. The normalized spacial score (nSPS) is 14.7. The van der Waals surface area contributed by atoms with E-state index in [-0.39, 0.29) is 11.7 Å². The summed E-state index contributed by atoms with van der Waals surface area (Å²) in [5, 5.41) is 10.9. The second-order valence-electron chi connectivity index (χ2n) is 5.52. The minimum absolute atomic E-state index is 0.0865. The van der Waals surface area contributed by atoms with Gasteiger partial charge in [0, 0.05) is 31.4 Å². The van der Waals surface area contributed by atoms with Crippen molar-refractivity contribution in [3.8, 4) is 0 Å². The van der Waals surface area contributed by atoms with Gasteiger partial charge in [0.05, 0.1) is 5.75 Å². The van der Waals surface area contributed by atoms with Gasteiger partial charge in [-0.25, -0.2) is 0 Å². The highest BCUT2D eigenvalue weighted by atomic mass is 32.2. The average Bonchev–Trinajstić information content (AvgIpc) is 3.00. The van der Waals surface area contributed by atoms with Crippen LogP contribution in [0.4, 0.5) is 11.4 Å². The number of carbonyl (C=O) groups excluding carboxylic acids is 1. The summed E-state index contributed by atoms with van der Waals surface area (Å²) < 4.78 is 5.22. The molecule has 1 aromatic carbocycles. The van der Waals surface area contributed by atoms with Crippen molar-refractivity contribution in [3.63, 3.8) is 0 Å². The van der Waals surface area contributed by atoms with Crippen LogP contribution in [0.1, 0.15) is 25.2 Å². The Bertz CT molecular complexity index is 650. The number of carbonyl (C=O) groups is 1. The molecular weight excluding hydrogens is 312 g/mol. The van der Waals surface area contributed by atoms with E-state index in [0.717, 1.165) is 18.8 Å². The van der Waals surface area contributed by atoms with E-state index in [1.165, 1.54) is 36.7 Å². The van der Waals surface area contributed by atoms with Crippen molar-refractivity contribution >= 4 is 29.0 Å². The Morgan fingerprint density at radius 1 is 1.22 bits per heavy atom. The molecule has 0 aliphatic carbocycles. The van der Waals surface area contributed by atoms with Crippen LogP contribution in [-0.2, 0) is 4.79 Å². The van der Waals surface area contributed by atoms with Crippen LogP contribution >= 0.6 is 11.8 Å². The van der Waals surface area contributed by atoms with Crippen LogP contribution in [0, 0.1) is 6.92 Å². The van der Waals surface area contributed by atoms with Gasteiger partial charge in [0.1, 0.15) is 0 Å². The summed E-state index contributed by atoms with van der Waals surface area (Å²) in [6.07, 6.45) is 3.83. The first-order chi connectivity index (χ1) is 11.2. The van der Waals surface area contributed by atoms with Gasteiger partial charge in [-0.05, 0) is 43.5 Å². The molecule has 1 aromatic heterocycles. The molecule has 2 heterocycles. The predicted octanol–water partition coefficient (Wildman–Crippen LogP) is 3.10. The fraction of sp³-hybridized carbons (Fsp3) is 0.438. The van der Waals surface area contributed by atoms with Crippen LogP contribution in [-0.4, -0.2) is 34.9 Å². The van der Waals surface area contributed by atoms with Crippen molar-refractivity contribution in [2.75, 3.05) is 29.1 Å². The molecule has 1 aliphatic rings. The van der Waals surface area contributed by atoms with E-state index in [2.05, 4.69) is 32.5 Å². The maximum absolute atomic E-state index is 11.9. The lowest BCUT2D eigenvalue weighted by Crippen LogP contribution is -2.29. The molecule has 7 heteroatoms. The lowest BCUT2D eigenvalue weighted by Gasteiger charge is -2.28. The molecule has 0 radical (unpaired) electrons. The maximum atomic E-state index is 11.9. The number of rotatable bonds is 5. The lowest BCUT2D eigenvalue weighted by molar-refractivity contribution is -0.113. The number of hydrogen-bond donors (Lipinski definition) is 1. The number of nitrogens with one attached hydrogen (secondary N) is 1. The van der Waals surface area contributed by atoms with Gasteiger partial charge in [0.15, 0.2) is 0 Å². The van der Waals surface area contributed by atoms with E-state index in [0.29, 0.717) is 11.1 Å². The van der Waals surface area contributed by atoms with E-state index in [9.17, 15) is 4.79 Å². The highest BCUT2D eigenvalue weighted by Gasteiger charge is 2.11. The van der Waals surface area contributed by atoms with Crippen molar-refractivity contribution in [1.82, 2.24) is 10.2 Å². The first-order valence-electron chi connectivity index (χ1n) is 7.78. The number of piperidine rings is 1. The zero-order valence-electron chi connectivity index (χ0n) is 13.1. The minimum Gasteiger partial charge on any atom is -0.416 e. The summed E-state index contributed by atoms with van der Waals surface area (Å²) >= 11 is 1.23. The third-order valence-electron chi connectivity index (χ3n) is 3.71. The van der Waals surface area contributed by atoms with Crippen LogP contribution in [0.5, 0.6) is 0 Å². The molecule has 1 saturated heterocycles. The van der Waals surface area contributed by atoms with Gasteiger partial charge in [-0.3, -0.25) is 4.79 Å². The molecule has 23 heavy (non-hydrogen) atoms. The molecule has 0 spiro atoms. The molecule has 0 saturated carbocycles. The number of anilines is 2. The van der Waals surface area contributed by atoms with E-state index >= 15 is 0 Å². The number of benzene rings is 1. The van der Waals surface area contributed by atoms with Gasteiger partial charge >= 0.3 is 0 Å². The molecule has 122 valence electrons. The molecule has 6 nitrogen and oxygen atoms in total. The summed E-state index contributed by atoms with van der Waals surface area (Å²) in [5.41, 5.74) is 2.02. The van der Waals surface area contributed by atoms with Gasteiger partial charge in [-0.2, -0.15) is 0 Å². The Labute approximate surface area is 139 Å². The molecular formula is C16H20N4O2S. The minimum atomic E-state index is -0.0865. The second-order valence-corrected chi connectivity index (χ2v) is 6.45. The first kappa shape index (κ1) is 15.9. The summed E-state index contributed by atoms with van der Waals surface area (Å²) in [4.78, 5) is 14.3.